The van der Waals surface area contributed by atoms with E-state index in [0.717, 1.165) is 25.6 Å². The number of piperidine rings is 1. The third-order valence-electron chi connectivity index (χ3n) is 3.44. The molecule has 0 radical (unpaired) electrons. The Morgan fingerprint density at radius 1 is 1.24 bits per heavy atom. The summed E-state index contributed by atoms with van der Waals surface area (Å²) in [6.07, 6.45) is 3.02. The SMILES string of the molecule is CC1CCNC(C(=O)Nc2ccc(NS(C)(=O)=O)cc2)C1. The molecule has 1 aromatic carbocycles. The van der Waals surface area contributed by atoms with Crippen LogP contribution < -0.4 is 15.4 Å². The van der Waals surface area contributed by atoms with Crippen LogP contribution in [0.5, 0.6) is 0 Å². The third-order valence-corrected chi connectivity index (χ3v) is 4.04. The smallest absolute Gasteiger partial charge is 0.241 e. The van der Waals surface area contributed by atoms with E-state index in [9.17, 15) is 13.2 Å². The molecule has 0 aliphatic carbocycles. The summed E-state index contributed by atoms with van der Waals surface area (Å²) in [6, 6.07) is 6.43. The minimum absolute atomic E-state index is 0.0506. The highest BCUT2D eigenvalue weighted by Gasteiger charge is 2.24. The molecule has 0 saturated carbocycles. The van der Waals surface area contributed by atoms with Crippen LogP contribution in [0, 0.1) is 5.92 Å². The number of benzene rings is 1. The van der Waals surface area contributed by atoms with Crippen LogP contribution >= 0.6 is 0 Å². The molecule has 1 heterocycles. The molecule has 116 valence electrons. The van der Waals surface area contributed by atoms with Crippen LogP contribution in [0.3, 0.4) is 0 Å². The number of hydrogen-bond acceptors (Lipinski definition) is 4. The number of rotatable bonds is 4. The lowest BCUT2D eigenvalue weighted by atomic mass is 9.94. The number of anilines is 2. The molecule has 2 atom stereocenters. The van der Waals surface area contributed by atoms with Crippen molar-refractivity contribution in [2.75, 3.05) is 22.8 Å². The van der Waals surface area contributed by atoms with E-state index < -0.39 is 10.0 Å². The largest absolute Gasteiger partial charge is 0.325 e. The molecular weight excluding hydrogens is 290 g/mol. The van der Waals surface area contributed by atoms with E-state index in [1.54, 1.807) is 24.3 Å². The summed E-state index contributed by atoms with van der Waals surface area (Å²) in [5.74, 6) is 0.494. The molecule has 0 aromatic heterocycles. The van der Waals surface area contributed by atoms with Gasteiger partial charge in [0.25, 0.3) is 0 Å². The minimum atomic E-state index is -3.28. The fourth-order valence-corrected chi connectivity index (χ4v) is 2.94. The van der Waals surface area contributed by atoms with Gasteiger partial charge < -0.3 is 10.6 Å². The van der Waals surface area contributed by atoms with Crippen molar-refractivity contribution in [2.45, 2.75) is 25.8 Å². The van der Waals surface area contributed by atoms with Gasteiger partial charge in [0.15, 0.2) is 0 Å². The van der Waals surface area contributed by atoms with Gasteiger partial charge in [-0.25, -0.2) is 8.42 Å². The summed E-state index contributed by atoms with van der Waals surface area (Å²) in [6.45, 7) is 3.00. The van der Waals surface area contributed by atoms with Crippen LogP contribution in [0.25, 0.3) is 0 Å². The number of hydrogen-bond donors (Lipinski definition) is 3. The fraction of sp³-hybridized carbons (Fsp3) is 0.500. The molecule has 1 fully saturated rings. The lowest BCUT2D eigenvalue weighted by Gasteiger charge is -2.27. The van der Waals surface area contributed by atoms with Crippen molar-refractivity contribution in [1.29, 1.82) is 0 Å². The topological polar surface area (TPSA) is 87.3 Å². The Morgan fingerprint density at radius 3 is 2.43 bits per heavy atom. The Kier molecular flexibility index (Phi) is 4.84. The first-order chi connectivity index (χ1) is 9.83. The molecule has 2 rings (SSSR count). The summed E-state index contributed by atoms with van der Waals surface area (Å²) in [4.78, 5) is 12.1. The van der Waals surface area contributed by atoms with Crippen LogP contribution in [0.4, 0.5) is 11.4 Å². The zero-order valence-corrected chi connectivity index (χ0v) is 13.0. The lowest BCUT2D eigenvalue weighted by molar-refractivity contribution is -0.119. The second-order valence-electron chi connectivity index (χ2n) is 5.58. The second kappa shape index (κ2) is 6.44. The average Bonchev–Trinajstić information content (AvgIpc) is 2.39. The van der Waals surface area contributed by atoms with Crippen molar-refractivity contribution in [3.05, 3.63) is 24.3 Å². The monoisotopic (exact) mass is 311 g/mol. The number of carbonyl (C=O) groups excluding carboxylic acids is 1. The molecule has 0 spiro atoms. The normalized spacial score (nSPS) is 22.6. The quantitative estimate of drug-likeness (QED) is 0.784. The first-order valence-electron chi connectivity index (χ1n) is 6.95. The van der Waals surface area contributed by atoms with Crippen molar-refractivity contribution >= 4 is 27.3 Å². The lowest BCUT2D eigenvalue weighted by Crippen LogP contribution is -2.45. The first kappa shape index (κ1) is 15.8. The van der Waals surface area contributed by atoms with Crippen LogP contribution in [0.2, 0.25) is 0 Å². The fourth-order valence-electron chi connectivity index (χ4n) is 2.37. The van der Waals surface area contributed by atoms with E-state index in [1.165, 1.54) is 0 Å². The summed E-state index contributed by atoms with van der Waals surface area (Å²) >= 11 is 0. The number of carbonyl (C=O) groups is 1. The van der Waals surface area contributed by atoms with Crippen molar-refractivity contribution in [3.8, 4) is 0 Å². The molecule has 1 aliphatic rings. The summed E-state index contributed by atoms with van der Waals surface area (Å²) in [5.41, 5.74) is 1.12. The zero-order valence-electron chi connectivity index (χ0n) is 12.2. The minimum Gasteiger partial charge on any atom is -0.325 e. The van der Waals surface area contributed by atoms with E-state index in [-0.39, 0.29) is 11.9 Å². The maximum Gasteiger partial charge on any atom is 0.241 e. The van der Waals surface area contributed by atoms with Gasteiger partial charge in [-0.15, -0.1) is 0 Å². The molecule has 1 amide bonds. The number of amides is 1. The van der Waals surface area contributed by atoms with E-state index in [2.05, 4.69) is 22.3 Å². The molecule has 6 nitrogen and oxygen atoms in total. The molecule has 2 unspecified atom stereocenters. The molecule has 0 bridgehead atoms. The van der Waals surface area contributed by atoms with Gasteiger partial charge in [-0.05, 0) is 49.6 Å². The average molecular weight is 311 g/mol. The van der Waals surface area contributed by atoms with Crippen molar-refractivity contribution in [1.82, 2.24) is 5.32 Å². The highest BCUT2D eigenvalue weighted by Crippen LogP contribution is 2.18. The number of sulfonamides is 1. The first-order valence-corrected chi connectivity index (χ1v) is 8.85. The maximum absolute atomic E-state index is 12.1. The zero-order chi connectivity index (χ0) is 15.5. The van der Waals surface area contributed by atoms with Crippen molar-refractivity contribution in [2.24, 2.45) is 5.92 Å². The van der Waals surface area contributed by atoms with Crippen LogP contribution in [-0.4, -0.2) is 33.2 Å². The molecule has 1 aromatic rings. The van der Waals surface area contributed by atoms with Gasteiger partial charge in [0, 0.05) is 11.4 Å². The third kappa shape index (κ3) is 5.02. The van der Waals surface area contributed by atoms with Crippen molar-refractivity contribution in [3.63, 3.8) is 0 Å². The van der Waals surface area contributed by atoms with Crippen LogP contribution in [-0.2, 0) is 14.8 Å². The summed E-state index contributed by atoms with van der Waals surface area (Å²) in [7, 11) is -3.28. The molecule has 7 heteroatoms. The van der Waals surface area contributed by atoms with E-state index >= 15 is 0 Å². The number of nitrogens with one attached hydrogen (secondary N) is 3. The Hall–Kier alpha value is -1.60. The molecule has 1 aliphatic heterocycles. The van der Waals surface area contributed by atoms with Gasteiger partial charge >= 0.3 is 0 Å². The predicted molar refractivity (Wildman–Crippen MR) is 83.7 cm³/mol. The van der Waals surface area contributed by atoms with Gasteiger partial charge in [0.05, 0.1) is 12.3 Å². The van der Waals surface area contributed by atoms with Gasteiger partial charge in [-0.2, -0.15) is 0 Å². The van der Waals surface area contributed by atoms with Gasteiger partial charge in [0.1, 0.15) is 0 Å². The van der Waals surface area contributed by atoms with Crippen molar-refractivity contribution < 1.29 is 13.2 Å². The van der Waals surface area contributed by atoms with Crippen LogP contribution in [0.15, 0.2) is 24.3 Å². The van der Waals surface area contributed by atoms with Gasteiger partial charge in [-0.3, -0.25) is 9.52 Å². The Bertz CT molecular complexity index is 598. The highest BCUT2D eigenvalue weighted by atomic mass is 32.2. The molecule has 1 saturated heterocycles. The standard InChI is InChI=1S/C14H21N3O3S/c1-10-7-8-15-13(9-10)14(18)16-11-3-5-12(6-4-11)17-21(2,19)20/h3-6,10,13,15,17H,7-9H2,1-2H3,(H,16,18). The Morgan fingerprint density at radius 2 is 1.86 bits per heavy atom. The molecule has 21 heavy (non-hydrogen) atoms. The van der Waals surface area contributed by atoms with Crippen LogP contribution in [0.1, 0.15) is 19.8 Å². The van der Waals surface area contributed by atoms with E-state index in [0.29, 0.717) is 17.3 Å². The van der Waals surface area contributed by atoms with Gasteiger partial charge in [-0.1, -0.05) is 6.92 Å². The second-order valence-corrected chi connectivity index (χ2v) is 7.33. The van der Waals surface area contributed by atoms with E-state index in [4.69, 9.17) is 0 Å². The Balaban J connectivity index is 1.95. The highest BCUT2D eigenvalue weighted by molar-refractivity contribution is 7.92. The predicted octanol–water partition coefficient (Wildman–Crippen LogP) is 1.38. The summed E-state index contributed by atoms with van der Waals surface area (Å²) in [5, 5.41) is 6.05. The maximum atomic E-state index is 12.1. The molecule has 3 N–H and O–H groups in total. The summed E-state index contributed by atoms with van der Waals surface area (Å²) < 4.78 is 24.6. The van der Waals surface area contributed by atoms with Gasteiger partial charge in [0.2, 0.25) is 15.9 Å². The van der Waals surface area contributed by atoms with E-state index in [1.807, 2.05) is 0 Å². The molecular formula is C14H21N3O3S. The Labute approximate surface area is 125 Å².